The minimum absolute atomic E-state index is 1.30. The Labute approximate surface area is 106 Å². The molecular formula is C16H12S. The van der Waals surface area contributed by atoms with Crippen molar-refractivity contribution in [1.29, 1.82) is 0 Å². The van der Waals surface area contributed by atoms with E-state index < -0.39 is 0 Å². The quantitative estimate of drug-likeness (QED) is 0.531. The lowest BCUT2D eigenvalue weighted by Gasteiger charge is -2.01. The predicted molar refractivity (Wildman–Crippen MR) is 77.2 cm³/mol. The first-order valence-corrected chi connectivity index (χ1v) is 6.22. The van der Waals surface area contributed by atoms with Gasteiger partial charge in [0, 0.05) is 0 Å². The van der Waals surface area contributed by atoms with Crippen molar-refractivity contribution in [2.45, 2.75) is 0 Å². The van der Waals surface area contributed by atoms with E-state index in [0.29, 0.717) is 0 Å². The molecule has 0 saturated heterocycles. The van der Waals surface area contributed by atoms with Gasteiger partial charge >= 0.3 is 0 Å². The van der Waals surface area contributed by atoms with E-state index in [1.165, 1.54) is 21.9 Å². The van der Waals surface area contributed by atoms with Gasteiger partial charge in [0.25, 0.3) is 0 Å². The summed E-state index contributed by atoms with van der Waals surface area (Å²) in [6, 6.07) is 17.2. The summed E-state index contributed by atoms with van der Waals surface area (Å²) in [4.78, 5) is 0. The van der Waals surface area contributed by atoms with Gasteiger partial charge in [0.15, 0.2) is 0 Å². The highest BCUT2D eigenvalue weighted by atomic mass is 32.1. The second-order valence-electron chi connectivity index (χ2n) is 3.57. The van der Waals surface area contributed by atoms with E-state index >= 15 is 0 Å². The molecule has 82 valence electrons. The maximum Gasteiger partial charge on any atom is -0.00147 e. The molecule has 2 aromatic carbocycles. The molecule has 1 heterocycles. The maximum atomic E-state index is 4.00. The van der Waals surface area contributed by atoms with Gasteiger partial charge in [-0.1, -0.05) is 36.4 Å². The van der Waals surface area contributed by atoms with E-state index in [1.54, 1.807) is 11.3 Å². The molecule has 1 aromatic heterocycles. The van der Waals surface area contributed by atoms with Gasteiger partial charge < -0.3 is 0 Å². The van der Waals surface area contributed by atoms with Gasteiger partial charge in [0.1, 0.15) is 0 Å². The molecule has 0 N–H and O–H groups in total. The van der Waals surface area contributed by atoms with Crippen LogP contribution in [-0.4, -0.2) is 0 Å². The summed E-state index contributed by atoms with van der Waals surface area (Å²) in [5.74, 6) is 0. The Morgan fingerprint density at radius 3 is 2.24 bits per heavy atom. The number of terminal acetylenes is 1. The van der Waals surface area contributed by atoms with Crippen LogP contribution >= 0.6 is 11.3 Å². The third kappa shape index (κ3) is 2.38. The van der Waals surface area contributed by atoms with E-state index in [2.05, 4.69) is 72.1 Å². The molecular weight excluding hydrogens is 224 g/mol. The molecule has 0 aliphatic heterocycles. The number of benzene rings is 2. The summed E-state index contributed by atoms with van der Waals surface area (Å²) in [6.45, 7) is 0. The molecule has 0 amide bonds. The third-order valence-corrected chi connectivity index (χ3v) is 3.29. The second-order valence-corrected chi connectivity index (χ2v) is 4.35. The molecule has 0 fully saturated rings. The lowest BCUT2D eigenvalue weighted by Crippen LogP contribution is -1.75. The number of hydrogen-bond acceptors (Lipinski definition) is 1. The van der Waals surface area contributed by atoms with Crippen LogP contribution in [0.5, 0.6) is 0 Å². The van der Waals surface area contributed by atoms with E-state index in [4.69, 9.17) is 0 Å². The molecule has 0 saturated carbocycles. The maximum absolute atomic E-state index is 4.00. The zero-order valence-corrected chi connectivity index (χ0v) is 10.2. The SMILES string of the molecule is C#C.c1ccc2cc(-c3ccsc3)ccc2c1. The second kappa shape index (κ2) is 5.34. The highest BCUT2D eigenvalue weighted by Crippen LogP contribution is 2.25. The van der Waals surface area contributed by atoms with E-state index in [-0.39, 0.29) is 0 Å². The molecule has 0 nitrogen and oxygen atoms in total. The summed E-state index contributed by atoms with van der Waals surface area (Å²) < 4.78 is 0. The Morgan fingerprint density at radius 2 is 1.53 bits per heavy atom. The van der Waals surface area contributed by atoms with Gasteiger partial charge in [-0.15, -0.1) is 12.8 Å². The minimum atomic E-state index is 1.30. The monoisotopic (exact) mass is 236 g/mol. The highest BCUT2D eigenvalue weighted by molar-refractivity contribution is 7.08. The van der Waals surface area contributed by atoms with Gasteiger partial charge in [0.05, 0.1) is 0 Å². The molecule has 17 heavy (non-hydrogen) atoms. The van der Waals surface area contributed by atoms with Crippen LogP contribution in [0.1, 0.15) is 0 Å². The first-order valence-electron chi connectivity index (χ1n) is 5.28. The predicted octanol–water partition coefficient (Wildman–Crippen LogP) is 4.82. The van der Waals surface area contributed by atoms with Crippen LogP contribution < -0.4 is 0 Å². The Morgan fingerprint density at radius 1 is 0.765 bits per heavy atom. The minimum Gasteiger partial charge on any atom is -0.152 e. The average molecular weight is 236 g/mol. The van der Waals surface area contributed by atoms with Crippen molar-refractivity contribution in [2.24, 2.45) is 0 Å². The Bertz CT molecular complexity index is 618. The zero-order chi connectivity index (χ0) is 12.1. The first-order chi connectivity index (χ1) is 8.43. The van der Waals surface area contributed by atoms with Crippen LogP contribution in [0.15, 0.2) is 59.3 Å². The molecule has 0 atom stereocenters. The summed E-state index contributed by atoms with van der Waals surface area (Å²) in [6.07, 6.45) is 8.00. The summed E-state index contributed by atoms with van der Waals surface area (Å²) in [5.41, 5.74) is 2.61. The molecule has 3 aromatic rings. The van der Waals surface area contributed by atoms with Crippen molar-refractivity contribution in [2.75, 3.05) is 0 Å². The standard InChI is InChI=1S/C14H10S.C2H2/c1-2-4-12-9-13(6-5-11(12)3-1)14-7-8-15-10-14;1-2/h1-10H;1-2H. The van der Waals surface area contributed by atoms with E-state index in [1.807, 2.05) is 0 Å². The van der Waals surface area contributed by atoms with Crippen LogP contribution in [0.25, 0.3) is 21.9 Å². The number of rotatable bonds is 1. The first kappa shape index (κ1) is 11.4. The van der Waals surface area contributed by atoms with Crippen LogP contribution in [0.4, 0.5) is 0 Å². The molecule has 3 rings (SSSR count). The lowest BCUT2D eigenvalue weighted by molar-refractivity contribution is 1.71. The van der Waals surface area contributed by atoms with Gasteiger partial charge in [-0.2, -0.15) is 11.3 Å². The van der Waals surface area contributed by atoms with Gasteiger partial charge in [-0.3, -0.25) is 0 Å². The molecule has 0 aliphatic rings. The van der Waals surface area contributed by atoms with Gasteiger partial charge in [0.2, 0.25) is 0 Å². The van der Waals surface area contributed by atoms with Gasteiger partial charge in [-0.05, 0) is 44.8 Å². The smallest absolute Gasteiger partial charge is 0.00147 e. The topological polar surface area (TPSA) is 0 Å². The molecule has 0 bridgehead atoms. The zero-order valence-electron chi connectivity index (χ0n) is 9.34. The Kier molecular flexibility index (Phi) is 3.59. The average Bonchev–Trinajstić information content (AvgIpc) is 2.94. The molecule has 0 spiro atoms. The van der Waals surface area contributed by atoms with Crippen LogP contribution in [0.3, 0.4) is 0 Å². The Hall–Kier alpha value is -2.04. The fraction of sp³-hybridized carbons (Fsp3) is 0. The summed E-state index contributed by atoms with van der Waals surface area (Å²) in [5, 5.41) is 6.91. The van der Waals surface area contributed by atoms with E-state index in [0.717, 1.165) is 0 Å². The fourth-order valence-corrected chi connectivity index (χ4v) is 2.46. The normalized spacial score (nSPS) is 9.53. The number of hydrogen-bond donors (Lipinski definition) is 0. The molecule has 0 radical (unpaired) electrons. The van der Waals surface area contributed by atoms with Crippen LogP contribution in [0, 0.1) is 12.8 Å². The van der Waals surface area contributed by atoms with E-state index in [9.17, 15) is 0 Å². The third-order valence-electron chi connectivity index (χ3n) is 2.60. The van der Waals surface area contributed by atoms with Crippen LogP contribution in [0.2, 0.25) is 0 Å². The molecule has 0 aliphatic carbocycles. The van der Waals surface area contributed by atoms with Crippen molar-refractivity contribution in [3.8, 4) is 24.0 Å². The van der Waals surface area contributed by atoms with Gasteiger partial charge in [-0.25, -0.2) is 0 Å². The lowest BCUT2D eigenvalue weighted by atomic mass is 10.0. The van der Waals surface area contributed by atoms with Crippen LogP contribution in [-0.2, 0) is 0 Å². The molecule has 1 heteroatoms. The number of thiophene rings is 1. The van der Waals surface area contributed by atoms with Crippen molar-refractivity contribution in [3.05, 3.63) is 59.3 Å². The van der Waals surface area contributed by atoms with Crippen molar-refractivity contribution in [1.82, 2.24) is 0 Å². The summed E-state index contributed by atoms with van der Waals surface area (Å²) >= 11 is 1.74. The highest BCUT2D eigenvalue weighted by Gasteiger charge is 1.98. The van der Waals surface area contributed by atoms with Crippen molar-refractivity contribution < 1.29 is 0 Å². The Balaban J connectivity index is 0.000000514. The molecule has 0 unspecified atom stereocenters. The largest absolute Gasteiger partial charge is 0.152 e. The fourth-order valence-electron chi connectivity index (χ4n) is 1.80. The van der Waals surface area contributed by atoms with Crippen molar-refractivity contribution in [3.63, 3.8) is 0 Å². The van der Waals surface area contributed by atoms with Crippen molar-refractivity contribution >= 4 is 22.1 Å². The summed E-state index contributed by atoms with van der Waals surface area (Å²) in [7, 11) is 0. The number of fused-ring (bicyclic) bond motifs is 1.